The van der Waals surface area contributed by atoms with Crippen LogP contribution >= 0.6 is 0 Å². The van der Waals surface area contributed by atoms with Crippen LogP contribution in [0.1, 0.15) is 39.5 Å². The van der Waals surface area contributed by atoms with Crippen molar-refractivity contribution in [3.8, 4) is 0 Å². The van der Waals surface area contributed by atoms with Crippen LogP contribution in [-0.2, 0) is 0 Å². The highest BCUT2D eigenvalue weighted by Crippen LogP contribution is 2.36. The maximum atomic E-state index is 10.2. The fourth-order valence-electron chi connectivity index (χ4n) is 1.97. The largest absolute Gasteiger partial charge is 0.390 e. The van der Waals surface area contributed by atoms with Gasteiger partial charge in [-0.2, -0.15) is 0 Å². The third-order valence-corrected chi connectivity index (χ3v) is 3.41. The minimum absolute atomic E-state index is 0.255. The highest BCUT2D eigenvalue weighted by Gasteiger charge is 2.35. The van der Waals surface area contributed by atoms with Crippen molar-refractivity contribution in [2.45, 2.75) is 45.1 Å². The molecule has 0 aromatic rings. The van der Waals surface area contributed by atoms with Gasteiger partial charge < -0.3 is 10.8 Å². The Morgan fingerprint density at radius 2 is 2.00 bits per heavy atom. The van der Waals surface area contributed by atoms with E-state index in [1.165, 1.54) is 0 Å². The molecule has 1 aliphatic rings. The van der Waals surface area contributed by atoms with Gasteiger partial charge in [0.1, 0.15) is 0 Å². The summed E-state index contributed by atoms with van der Waals surface area (Å²) in [5, 5.41) is 10.2. The summed E-state index contributed by atoms with van der Waals surface area (Å²) in [4.78, 5) is 0. The van der Waals surface area contributed by atoms with E-state index in [0.29, 0.717) is 6.54 Å². The summed E-state index contributed by atoms with van der Waals surface area (Å²) in [6.07, 6.45) is 4.18. The van der Waals surface area contributed by atoms with Crippen molar-refractivity contribution in [1.29, 1.82) is 0 Å². The number of aliphatic hydroxyl groups is 1. The van der Waals surface area contributed by atoms with Crippen LogP contribution < -0.4 is 5.73 Å². The van der Waals surface area contributed by atoms with Crippen molar-refractivity contribution in [3.05, 3.63) is 0 Å². The van der Waals surface area contributed by atoms with Crippen LogP contribution in [0.4, 0.5) is 0 Å². The van der Waals surface area contributed by atoms with E-state index < -0.39 is 5.60 Å². The lowest BCUT2D eigenvalue weighted by molar-refractivity contribution is -0.0489. The van der Waals surface area contributed by atoms with Gasteiger partial charge in [-0.3, -0.25) is 0 Å². The van der Waals surface area contributed by atoms with Gasteiger partial charge in [-0.15, -0.1) is 0 Å². The molecule has 0 saturated heterocycles. The molecule has 72 valence electrons. The first-order valence-electron chi connectivity index (χ1n) is 5.01. The Labute approximate surface area is 75.2 Å². The lowest BCUT2D eigenvalue weighted by Gasteiger charge is -2.39. The van der Waals surface area contributed by atoms with Gasteiger partial charge in [0, 0.05) is 0 Å². The Kier molecular flexibility index (Phi) is 3.13. The van der Waals surface area contributed by atoms with Crippen LogP contribution in [-0.4, -0.2) is 17.3 Å². The molecule has 0 spiro atoms. The first kappa shape index (κ1) is 10.0. The molecule has 0 aromatic heterocycles. The first-order chi connectivity index (χ1) is 5.58. The molecule has 1 aliphatic carbocycles. The zero-order valence-corrected chi connectivity index (χ0v) is 8.21. The summed E-state index contributed by atoms with van der Waals surface area (Å²) in [6, 6.07) is 0. The molecular formula is C10H21NO. The Hall–Kier alpha value is -0.0800. The van der Waals surface area contributed by atoms with Crippen LogP contribution in [0, 0.1) is 11.8 Å². The molecule has 2 heteroatoms. The molecule has 2 nitrogen and oxygen atoms in total. The zero-order chi connectivity index (χ0) is 9.19. The molecule has 1 unspecified atom stereocenters. The third-order valence-electron chi connectivity index (χ3n) is 3.41. The summed E-state index contributed by atoms with van der Waals surface area (Å²) >= 11 is 0. The topological polar surface area (TPSA) is 46.2 Å². The second-order valence-corrected chi connectivity index (χ2v) is 4.42. The van der Waals surface area contributed by atoms with Crippen molar-refractivity contribution in [2.75, 3.05) is 6.54 Å². The third kappa shape index (κ3) is 1.99. The van der Waals surface area contributed by atoms with Crippen LogP contribution in [0.5, 0.6) is 0 Å². The summed E-state index contributed by atoms with van der Waals surface area (Å²) in [5.74, 6) is 1.04. The maximum absolute atomic E-state index is 10.2. The maximum Gasteiger partial charge on any atom is 0.0685 e. The van der Waals surface area contributed by atoms with Crippen molar-refractivity contribution >= 4 is 0 Å². The molecule has 0 bridgehead atoms. The Morgan fingerprint density at radius 3 is 2.42 bits per heavy atom. The molecule has 12 heavy (non-hydrogen) atoms. The van der Waals surface area contributed by atoms with E-state index in [4.69, 9.17) is 5.73 Å². The van der Waals surface area contributed by atoms with Crippen LogP contribution in [0.25, 0.3) is 0 Å². The van der Waals surface area contributed by atoms with Crippen LogP contribution in [0.3, 0.4) is 0 Å². The Bertz CT molecular complexity index is 139. The Morgan fingerprint density at radius 1 is 1.50 bits per heavy atom. The summed E-state index contributed by atoms with van der Waals surface area (Å²) in [7, 11) is 0. The fraction of sp³-hybridized carbons (Fsp3) is 1.00. The summed E-state index contributed by atoms with van der Waals surface area (Å²) in [5.41, 5.74) is 5.11. The SMILES string of the molecule is CC1CCC(O)(C(C)CN)CC1. The van der Waals surface area contributed by atoms with E-state index in [9.17, 15) is 5.11 Å². The second-order valence-electron chi connectivity index (χ2n) is 4.42. The number of hydrogen-bond acceptors (Lipinski definition) is 2. The predicted octanol–water partition coefficient (Wildman–Crippen LogP) is 1.52. The molecule has 1 saturated carbocycles. The van der Waals surface area contributed by atoms with E-state index in [2.05, 4.69) is 13.8 Å². The van der Waals surface area contributed by atoms with Gasteiger partial charge in [-0.1, -0.05) is 13.8 Å². The van der Waals surface area contributed by atoms with E-state index in [1.807, 2.05) is 0 Å². The van der Waals surface area contributed by atoms with Gasteiger partial charge in [0.05, 0.1) is 5.60 Å². The monoisotopic (exact) mass is 171 g/mol. The van der Waals surface area contributed by atoms with Crippen molar-refractivity contribution in [2.24, 2.45) is 17.6 Å². The van der Waals surface area contributed by atoms with E-state index in [0.717, 1.165) is 31.6 Å². The molecule has 0 radical (unpaired) electrons. The van der Waals surface area contributed by atoms with Crippen molar-refractivity contribution in [3.63, 3.8) is 0 Å². The molecule has 0 amide bonds. The number of hydrogen-bond donors (Lipinski definition) is 2. The van der Waals surface area contributed by atoms with Gasteiger partial charge in [-0.05, 0) is 44.1 Å². The lowest BCUT2D eigenvalue weighted by atomic mass is 9.73. The number of rotatable bonds is 2. The van der Waals surface area contributed by atoms with Gasteiger partial charge in [0.25, 0.3) is 0 Å². The highest BCUT2D eigenvalue weighted by atomic mass is 16.3. The Balaban J connectivity index is 2.49. The molecule has 1 rings (SSSR count). The van der Waals surface area contributed by atoms with E-state index in [1.54, 1.807) is 0 Å². The number of nitrogens with two attached hydrogens (primary N) is 1. The minimum atomic E-state index is -0.457. The average molecular weight is 171 g/mol. The van der Waals surface area contributed by atoms with Crippen molar-refractivity contribution < 1.29 is 5.11 Å². The molecule has 3 N–H and O–H groups in total. The van der Waals surface area contributed by atoms with Gasteiger partial charge in [0.2, 0.25) is 0 Å². The predicted molar refractivity (Wildman–Crippen MR) is 50.8 cm³/mol. The van der Waals surface area contributed by atoms with Crippen LogP contribution in [0.15, 0.2) is 0 Å². The molecule has 1 atom stereocenters. The quantitative estimate of drug-likeness (QED) is 0.661. The van der Waals surface area contributed by atoms with Crippen molar-refractivity contribution in [1.82, 2.24) is 0 Å². The van der Waals surface area contributed by atoms with E-state index in [-0.39, 0.29) is 5.92 Å². The smallest absolute Gasteiger partial charge is 0.0685 e. The van der Waals surface area contributed by atoms with Gasteiger partial charge >= 0.3 is 0 Å². The zero-order valence-electron chi connectivity index (χ0n) is 8.21. The second kappa shape index (κ2) is 3.75. The standard InChI is InChI=1S/C10H21NO/c1-8-3-5-10(12,6-4-8)9(2)7-11/h8-9,12H,3-7,11H2,1-2H3. The lowest BCUT2D eigenvalue weighted by Crippen LogP contribution is -2.43. The first-order valence-corrected chi connectivity index (χ1v) is 5.01. The fourth-order valence-corrected chi connectivity index (χ4v) is 1.97. The molecule has 1 fully saturated rings. The minimum Gasteiger partial charge on any atom is -0.390 e. The summed E-state index contributed by atoms with van der Waals surface area (Å²) in [6.45, 7) is 4.91. The molecule has 0 heterocycles. The van der Waals surface area contributed by atoms with E-state index >= 15 is 0 Å². The summed E-state index contributed by atoms with van der Waals surface area (Å²) < 4.78 is 0. The van der Waals surface area contributed by atoms with Gasteiger partial charge in [-0.25, -0.2) is 0 Å². The van der Waals surface area contributed by atoms with Crippen LogP contribution in [0.2, 0.25) is 0 Å². The highest BCUT2D eigenvalue weighted by molar-refractivity contribution is 4.88. The molecule has 0 aliphatic heterocycles. The van der Waals surface area contributed by atoms with Gasteiger partial charge in [0.15, 0.2) is 0 Å². The normalized spacial score (nSPS) is 39.5. The average Bonchev–Trinajstić information content (AvgIpc) is 2.09. The molecule has 0 aromatic carbocycles. The molecular weight excluding hydrogens is 150 g/mol.